The quantitative estimate of drug-likeness (QED) is 0.517. The zero-order valence-corrected chi connectivity index (χ0v) is 10.3. The minimum atomic E-state index is -1.09. The number of hydrogen-bond donors (Lipinski definition) is 4. The number of rotatable bonds is 5. The first-order chi connectivity index (χ1) is 9.16. The number of aliphatic carboxylic acids is 1. The van der Waals surface area contributed by atoms with Gasteiger partial charge in [0.2, 0.25) is 0 Å². The van der Waals surface area contributed by atoms with Crippen LogP contribution in [0.5, 0.6) is 0 Å². The minimum absolute atomic E-state index is 0.154. The summed E-state index contributed by atoms with van der Waals surface area (Å²) in [7, 11) is 0. The maximum absolute atomic E-state index is 11.9. The van der Waals surface area contributed by atoms with E-state index < -0.39 is 24.0 Å². The number of H-pyrrole nitrogens is 1. The second-order valence-corrected chi connectivity index (χ2v) is 4.24. The third-order valence-electron chi connectivity index (χ3n) is 2.81. The molecule has 0 bridgehead atoms. The number of carboxylic acid groups (broad SMARTS) is 1. The lowest BCUT2D eigenvalue weighted by atomic mass is 10.1. The number of aromatic nitrogens is 2. The van der Waals surface area contributed by atoms with Crippen molar-refractivity contribution in [2.45, 2.75) is 18.6 Å². The van der Waals surface area contributed by atoms with Crippen molar-refractivity contribution in [2.24, 2.45) is 0 Å². The monoisotopic (exact) mass is 268 g/mol. The highest BCUT2D eigenvalue weighted by Crippen LogP contribution is 2.02. The second-order valence-electron chi connectivity index (χ2n) is 4.24. The number of nitrogens with one attached hydrogen (secondary N) is 3. The van der Waals surface area contributed by atoms with Crippen molar-refractivity contribution in [3.05, 3.63) is 18.2 Å². The van der Waals surface area contributed by atoms with Crippen LogP contribution in [0.25, 0.3) is 0 Å². The van der Waals surface area contributed by atoms with E-state index in [-0.39, 0.29) is 6.42 Å². The molecular formula is C11H16N4O4. The van der Waals surface area contributed by atoms with Crippen LogP contribution in [-0.4, -0.2) is 58.8 Å². The van der Waals surface area contributed by atoms with Crippen LogP contribution in [0.2, 0.25) is 0 Å². The molecule has 104 valence electrons. The number of imidazole rings is 1. The van der Waals surface area contributed by atoms with E-state index in [4.69, 9.17) is 9.84 Å². The summed E-state index contributed by atoms with van der Waals surface area (Å²) in [6, 6.07) is -1.00. The van der Waals surface area contributed by atoms with E-state index in [2.05, 4.69) is 20.6 Å². The van der Waals surface area contributed by atoms with Crippen molar-refractivity contribution < 1.29 is 19.4 Å². The molecule has 2 atom stereocenters. The lowest BCUT2D eigenvalue weighted by Crippen LogP contribution is -2.52. The van der Waals surface area contributed by atoms with E-state index in [1.807, 2.05) is 0 Å². The van der Waals surface area contributed by atoms with Gasteiger partial charge in [-0.1, -0.05) is 0 Å². The highest BCUT2D eigenvalue weighted by atomic mass is 16.5. The van der Waals surface area contributed by atoms with Gasteiger partial charge in [0.1, 0.15) is 12.1 Å². The van der Waals surface area contributed by atoms with Crippen LogP contribution in [0.4, 0.5) is 0 Å². The summed E-state index contributed by atoms with van der Waals surface area (Å²) in [4.78, 5) is 29.6. The molecule has 1 amide bonds. The maximum atomic E-state index is 11.9. The molecule has 2 rings (SSSR count). The number of carboxylic acids is 1. The van der Waals surface area contributed by atoms with Crippen LogP contribution < -0.4 is 10.6 Å². The van der Waals surface area contributed by atoms with Crippen LogP contribution in [0, 0.1) is 0 Å². The molecule has 1 aliphatic heterocycles. The number of carbonyl (C=O) groups is 2. The molecule has 1 aromatic heterocycles. The molecule has 8 heteroatoms. The Balaban J connectivity index is 1.92. The fraction of sp³-hybridized carbons (Fsp3) is 0.545. The number of morpholine rings is 1. The average Bonchev–Trinajstić information content (AvgIpc) is 2.91. The third-order valence-corrected chi connectivity index (χ3v) is 2.81. The summed E-state index contributed by atoms with van der Waals surface area (Å²) in [6.45, 7) is 1.53. The summed E-state index contributed by atoms with van der Waals surface area (Å²) in [6.07, 6.45) is 2.50. The Morgan fingerprint density at radius 3 is 3.05 bits per heavy atom. The Kier molecular flexibility index (Phi) is 4.48. The molecule has 1 aliphatic rings. The minimum Gasteiger partial charge on any atom is -0.480 e. The molecule has 8 nitrogen and oxygen atoms in total. The van der Waals surface area contributed by atoms with E-state index in [1.165, 1.54) is 12.5 Å². The van der Waals surface area contributed by atoms with Gasteiger partial charge in [0.25, 0.3) is 5.91 Å². The van der Waals surface area contributed by atoms with Crippen molar-refractivity contribution in [3.8, 4) is 0 Å². The number of ether oxygens (including phenoxy) is 1. The van der Waals surface area contributed by atoms with Gasteiger partial charge < -0.3 is 25.5 Å². The van der Waals surface area contributed by atoms with Crippen LogP contribution in [0.3, 0.4) is 0 Å². The van der Waals surface area contributed by atoms with E-state index in [9.17, 15) is 9.59 Å². The number of aromatic amines is 1. The highest BCUT2D eigenvalue weighted by molar-refractivity contribution is 5.86. The SMILES string of the molecule is O=C(N[C@@H](Cc1cnc[nH]1)C(=O)O)C1CNCCO1. The second kappa shape index (κ2) is 6.30. The first kappa shape index (κ1) is 13.5. The van der Waals surface area contributed by atoms with Crippen molar-refractivity contribution in [1.82, 2.24) is 20.6 Å². The normalized spacial score (nSPS) is 20.7. The molecule has 1 aromatic rings. The first-order valence-corrected chi connectivity index (χ1v) is 5.99. The largest absolute Gasteiger partial charge is 0.480 e. The van der Waals surface area contributed by atoms with Gasteiger partial charge in [0.05, 0.1) is 12.9 Å². The molecule has 0 aromatic carbocycles. The van der Waals surface area contributed by atoms with E-state index >= 15 is 0 Å². The molecule has 4 N–H and O–H groups in total. The molecule has 1 saturated heterocycles. The van der Waals surface area contributed by atoms with Crippen molar-refractivity contribution in [3.63, 3.8) is 0 Å². The van der Waals surface area contributed by atoms with Crippen LogP contribution in [0.1, 0.15) is 5.69 Å². The molecule has 0 radical (unpaired) electrons. The smallest absolute Gasteiger partial charge is 0.326 e. The number of carbonyl (C=O) groups excluding carboxylic acids is 1. The Morgan fingerprint density at radius 2 is 2.47 bits per heavy atom. The van der Waals surface area contributed by atoms with Crippen LogP contribution in [0.15, 0.2) is 12.5 Å². The van der Waals surface area contributed by atoms with Gasteiger partial charge in [-0.15, -0.1) is 0 Å². The summed E-state index contributed by atoms with van der Waals surface area (Å²) in [5.74, 6) is -1.51. The topological polar surface area (TPSA) is 116 Å². The van der Waals surface area contributed by atoms with Gasteiger partial charge in [-0.3, -0.25) is 4.79 Å². The molecule has 0 spiro atoms. The van der Waals surface area contributed by atoms with E-state index in [1.54, 1.807) is 0 Å². The predicted octanol–water partition coefficient (Wildman–Crippen LogP) is -1.49. The zero-order valence-electron chi connectivity index (χ0n) is 10.3. The highest BCUT2D eigenvalue weighted by Gasteiger charge is 2.27. The fourth-order valence-corrected chi connectivity index (χ4v) is 1.81. The van der Waals surface area contributed by atoms with Gasteiger partial charge in [0.15, 0.2) is 0 Å². The van der Waals surface area contributed by atoms with E-state index in [0.717, 1.165) is 0 Å². The third kappa shape index (κ3) is 3.76. The average molecular weight is 268 g/mol. The number of nitrogens with zero attached hydrogens (tertiary/aromatic N) is 1. The van der Waals surface area contributed by atoms with Gasteiger partial charge in [-0.05, 0) is 0 Å². The standard InChI is InChI=1S/C11H16N4O4/c16-10(9-5-12-1-2-19-9)15-8(11(17)18)3-7-4-13-6-14-7/h4,6,8-9,12H,1-3,5H2,(H,13,14)(H,15,16)(H,17,18)/t8-,9?/m0/s1. The Labute approximate surface area is 109 Å². The Bertz CT molecular complexity index is 428. The lowest BCUT2D eigenvalue weighted by Gasteiger charge is -2.24. The van der Waals surface area contributed by atoms with Crippen LogP contribution >= 0.6 is 0 Å². The molecule has 2 heterocycles. The summed E-state index contributed by atoms with van der Waals surface area (Å²) in [5, 5.41) is 14.6. The first-order valence-electron chi connectivity index (χ1n) is 5.99. The van der Waals surface area contributed by atoms with E-state index in [0.29, 0.717) is 25.4 Å². The lowest BCUT2D eigenvalue weighted by molar-refractivity contribution is -0.144. The number of hydrogen-bond acceptors (Lipinski definition) is 5. The zero-order chi connectivity index (χ0) is 13.7. The van der Waals surface area contributed by atoms with Gasteiger partial charge >= 0.3 is 5.97 Å². The molecule has 1 unspecified atom stereocenters. The van der Waals surface area contributed by atoms with Crippen molar-refractivity contribution >= 4 is 11.9 Å². The molecule has 0 saturated carbocycles. The van der Waals surface area contributed by atoms with Crippen molar-refractivity contribution in [2.75, 3.05) is 19.7 Å². The molecule has 1 fully saturated rings. The Hall–Kier alpha value is -1.93. The van der Waals surface area contributed by atoms with Gasteiger partial charge in [0, 0.05) is 31.4 Å². The van der Waals surface area contributed by atoms with Crippen molar-refractivity contribution in [1.29, 1.82) is 0 Å². The van der Waals surface area contributed by atoms with Crippen LogP contribution in [-0.2, 0) is 20.7 Å². The predicted molar refractivity (Wildman–Crippen MR) is 64.5 cm³/mol. The Morgan fingerprint density at radius 1 is 1.63 bits per heavy atom. The summed E-state index contributed by atoms with van der Waals surface area (Å²) in [5.41, 5.74) is 0.649. The maximum Gasteiger partial charge on any atom is 0.326 e. The van der Waals surface area contributed by atoms with Gasteiger partial charge in [-0.2, -0.15) is 0 Å². The number of amides is 1. The molecule has 0 aliphatic carbocycles. The van der Waals surface area contributed by atoms with Gasteiger partial charge in [-0.25, -0.2) is 9.78 Å². The fourth-order valence-electron chi connectivity index (χ4n) is 1.81. The summed E-state index contributed by atoms with van der Waals surface area (Å²) >= 11 is 0. The molecule has 19 heavy (non-hydrogen) atoms. The molecular weight excluding hydrogens is 252 g/mol. The summed E-state index contributed by atoms with van der Waals surface area (Å²) < 4.78 is 5.27.